The summed E-state index contributed by atoms with van der Waals surface area (Å²) in [6.45, 7) is 3.66. The number of hydrogen-bond acceptors (Lipinski definition) is 4. The Bertz CT molecular complexity index is 208. The average molecular weight is 190 g/mol. The molecule has 13 heavy (non-hydrogen) atoms. The van der Waals surface area contributed by atoms with E-state index >= 15 is 0 Å². The Hall–Kier alpha value is -0.200. The molecule has 2 fully saturated rings. The van der Waals surface area contributed by atoms with Crippen molar-refractivity contribution in [3.8, 4) is 0 Å². The normalized spacial score (nSPS) is 48.0. The molecular weight excluding hydrogens is 174 g/mol. The maximum atomic E-state index is 9.01. The Balaban J connectivity index is 2.12. The number of aliphatic hydroxyl groups excluding tert-OH is 1. The minimum atomic E-state index is -0.581. The van der Waals surface area contributed by atoms with Crippen LogP contribution in [0.1, 0.15) is 13.8 Å². The van der Waals surface area contributed by atoms with Crippen LogP contribution in [-0.4, -0.2) is 42.0 Å². The molecule has 0 bridgehead atoms. The summed E-state index contributed by atoms with van der Waals surface area (Å²) in [5.74, 6) is -0.581. The second kappa shape index (κ2) is 2.90. The van der Waals surface area contributed by atoms with E-state index in [0.717, 1.165) is 0 Å². The molecule has 0 spiro atoms. The lowest BCUT2D eigenvalue weighted by Gasteiger charge is -2.21. The molecule has 2 aliphatic heterocycles. The average Bonchev–Trinajstić information content (AvgIpc) is 2.47. The quantitative estimate of drug-likeness (QED) is 0.526. The topological polar surface area (TPSA) is 75.6 Å². The highest BCUT2D eigenvalue weighted by atomic mass is 16.8. The Morgan fingerprint density at radius 1 is 1.31 bits per heavy atom. The summed E-state index contributed by atoms with van der Waals surface area (Å²) in [5, 5.41) is 9.01. The van der Waals surface area contributed by atoms with E-state index < -0.39 is 5.79 Å². The standard InChI is InChI=1S/C8H15NO4/c1-8(2)12-5-4(3-10)11-7(9)6(5)13-8/h4-7,10H,3,9H2,1-2H3/p+1/t4-,5-,6-,7-/m1/s1. The molecule has 5 heteroatoms. The number of aliphatic hydroxyl groups is 1. The molecule has 4 N–H and O–H groups in total. The molecule has 2 aliphatic rings. The summed E-state index contributed by atoms with van der Waals surface area (Å²) in [4.78, 5) is 0. The number of rotatable bonds is 1. The second-order valence-electron chi connectivity index (χ2n) is 3.96. The first kappa shape index (κ1) is 9.36. The van der Waals surface area contributed by atoms with Gasteiger partial charge in [-0.1, -0.05) is 0 Å². The van der Waals surface area contributed by atoms with Crippen LogP contribution < -0.4 is 5.73 Å². The van der Waals surface area contributed by atoms with E-state index in [0.29, 0.717) is 0 Å². The zero-order valence-electron chi connectivity index (χ0n) is 7.90. The van der Waals surface area contributed by atoms with Gasteiger partial charge in [-0.25, -0.2) is 0 Å². The highest BCUT2D eigenvalue weighted by Crippen LogP contribution is 2.36. The molecule has 2 rings (SSSR count). The maximum Gasteiger partial charge on any atom is 0.218 e. The first-order chi connectivity index (χ1) is 6.03. The van der Waals surface area contributed by atoms with Crippen LogP contribution in [0.5, 0.6) is 0 Å². The fraction of sp³-hybridized carbons (Fsp3) is 1.00. The molecule has 0 unspecified atom stereocenters. The number of ether oxygens (including phenoxy) is 3. The van der Waals surface area contributed by atoms with E-state index in [9.17, 15) is 0 Å². The molecule has 0 amide bonds. The van der Waals surface area contributed by atoms with Crippen LogP contribution in [0.15, 0.2) is 0 Å². The highest BCUT2D eigenvalue weighted by Gasteiger charge is 2.55. The van der Waals surface area contributed by atoms with Crippen molar-refractivity contribution in [2.75, 3.05) is 6.61 Å². The summed E-state index contributed by atoms with van der Waals surface area (Å²) in [7, 11) is 0. The van der Waals surface area contributed by atoms with Crippen LogP contribution in [0.4, 0.5) is 0 Å². The maximum absolute atomic E-state index is 9.01. The number of fused-ring (bicyclic) bond motifs is 1. The fourth-order valence-electron chi connectivity index (χ4n) is 1.92. The lowest BCUT2D eigenvalue weighted by Crippen LogP contribution is -2.66. The molecule has 0 aromatic carbocycles. The zero-order chi connectivity index (χ0) is 9.64. The van der Waals surface area contributed by atoms with Crippen LogP contribution in [0.25, 0.3) is 0 Å². The van der Waals surface area contributed by atoms with E-state index in [1.54, 1.807) is 0 Å². The van der Waals surface area contributed by atoms with Crippen LogP contribution in [0.2, 0.25) is 0 Å². The summed E-state index contributed by atoms with van der Waals surface area (Å²) in [6, 6.07) is 0. The van der Waals surface area contributed by atoms with Crippen LogP contribution in [-0.2, 0) is 14.2 Å². The monoisotopic (exact) mass is 190 g/mol. The molecule has 0 aromatic rings. The van der Waals surface area contributed by atoms with Crippen molar-refractivity contribution >= 4 is 0 Å². The number of quaternary nitrogens is 1. The predicted molar refractivity (Wildman–Crippen MR) is 42.5 cm³/mol. The van der Waals surface area contributed by atoms with E-state index in [4.69, 9.17) is 19.3 Å². The molecule has 0 aromatic heterocycles. The van der Waals surface area contributed by atoms with Crippen molar-refractivity contribution in [1.82, 2.24) is 0 Å². The van der Waals surface area contributed by atoms with Gasteiger partial charge in [0, 0.05) is 0 Å². The van der Waals surface area contributed by atoms with Crippen molar-refractivity contribution in [1.29, 1.82) is 0 Å². The summed E-state index contributed by atoms with van der Waals surface area (Å²) >= 11 is 0. The first-order valence-corrected chi connectivity index (χ1v) is 4.48. The lowest BCUT2D eigenvalue weighted by molar-refractivity contribution is -0.502. The smallest absolute Gasteiger partial charge is 0.218 e. The zero-order valence-corrected chi connectivity index (χ0v) is 7.90. The third-order valence-electron chi connectivity index (χ3n) is 2.43. The molecule has 0 radical (unpaired) electrons. The highest BCUT2D eigenvalue weighted by molar-refractivity contribution is 4.93. The van der Waals surface area contributed by atoms with Gasteiger partial charge in [-0.3, -0.25) is 0 Å². The molecule has 0 aliphatic carbocycles. The van der Waals surface area contributed by atoms with Gasteiger partial charge in [-0.15, -0.1) is 0 Å². The van der Waals surface area contributed by atoms with E-state index in [2.05, 4.69) is 5.73 Å². The van der Waals surface area contributed by atoms with Crippen LogP contribution in [0, 0.1) is 0 Å². The Morgan fingerprint density at radius 3 is 2.54 bits per heavy atom. The minimum Gasteiger partial charge on any atom is -0.394 e. The Morgan fingerprint density at radius 2 is 1.92 bits per heavy atom. The van der Waals surface area contributed by atoms with Gasteiger partial charge in [0.25, 0.3) is 0 Å². The second-order valence-corrected chi connectivity index (χ2v) is 3.96. The lowest BCUT2D eigenvalue weighted by atomic mass is 10.1. The molecule has 4 atom stereocenters. The van der Waals surface area contributed by atoms with Crippen molar-refractivity contribution in [3.63, 3.8) is 0 Å². The minimum absolute atomic E-state index is 0.0490. The molecule has 76 valence electrons. The molecule has 0 saturated carbocycles. The van der Waals surface area contributed by atoms with Gasteiger partial charge >= 0.3 is 0 Å². The van der Waals surface area contributed by atoms with Crippen LogP contribution in [0.3, 0.4) is 0 Å². The van der Waals surface area contributed by atoms with Gasteiger partial charge in [-0.2, -0.15) is 0 Å². The van der Waals surface area contributed by atoms with Crippen LogP contribution >= 0.6 is 0 Å². The fourth-order valence-corrected chi connectivity index (χ4v) is 1.92. The summed E-state index contributed by atoms with van der Waals surface area (Å²) < 4.78 is 16.6. The Kier molecular flexibility index (Phi) is 2.08. The third-order valence-corrected chi connectivity index (χ3v) is 2.43. The van der Waals surface area contributed by atoms with E-state index in [1.165, 1.54) is 0 Å². The first-order valence-electron chi connectivity index (χ1n) is 4.48. The van der Waals surface area contributed by atoms with Crippen molar-refractivity contribution in [2.45, 2.75) is 44.2 Å². The molecule has 2 saturated heterocycles. The molecular formula is C8H16NO4+. The molecule has 2 heterocycles. The van der Waals surface area contributed by atoms with E-state index in [-0.39, 0.29) is 31.1 Å². The Labute approximate surface area is 76.8 Å². The van der Waals surface area contributed by atoms with Gasteiger partial charge in [0.2, 0.25) is 6.23 Å². The van der Waals surface area contributed by atoms with Gasteiger partial charge in [-0.05, 0) is 13.8 Å². The summed E-state index contributed by atoms with van der Waals surface area (Å²) in [5.41, 5.74) is 3.81. The largest absolute Gasteiger partial charge is 0.394 e. The predicted octanol–water partition coefficient (Wildman–Crippen LogP) is -1.53. The van der Waals surface area contributed by atoms with E-state index in [1.807, 2.05) is 13.8 Å². The van der Waals surface area contributed by atoms with Crippen molar-refractivity contribution < 1.29 is 25.1 Å². The van der Waals surface area contributed by atoms with Gasteiger partial charge in [0.1, 0.15) is 12.2 Å². The SMILES string of the molecule is CC1(C)O[C@@H]2[C@H](O1)[C@@H](CO)O[C@H]2[NH3+]. The summed E-state index contributed by atoms with van der Waals surface area (Å²) in [6.07, 6.45) is -0.868. The third kappa shape index (κ3) is 1.47. The number of hydrogen-bond donors (Lipinski definition) is 2. The van der Waals surface area contributed by atoms with Crippen molar-refractivity contribution in [3.05, 3.63) is 0 Å². The molecule has 5 nitrogen and oxygen atoms in total. The van der Waals surface area contributed by atoms with Crippen molar-refractivity contribution in [2.24, 2.45) is 0 Å². The van der Waals surface area contributed by atoms with Gasteiger partial charge in [0.15, 0.2) is 11.9 Å². The van der Waals surface area contributed by atoms with Gasteiger partial charge < -0.3 is 25.1 Å². The van der Waals surface area contributed by atoms with Gasteiger partial charge in [0.05, 0.1) is 6.61 Å².